The van der Waals surface area contributed by atoms with Gasteiger partial charge in [0.1, 0.15) is 11.8 Å². The zero-order valence-electron chi connectivity index (χ0n) is 11.0. The summed E-state index contributed by atoms with van der Waals surface area (Å²) in [5.74, 6) is 0.300. The standard InChI is InChI=1S/C14H18N4O/c1-10-2-3-12(7-16)9-18(10)14(19)13-5-4-11(6-15)8-17-13/h4-5,8,10,12H,2-3,7,9,16H2,1H3. The van der Waals surface area contributed by atoms with Crippen molar-refractivity contribution < 1.29 is 4.79 Å². The lowest BCUT2D eigenvalue weighted by atomic mass is 9.93. The molecule has 2 rings (SSSR count). The molecule has 2 heterocycles. The van der Waals surface area contributed by atoms with Crippen molar-refractivity contribution in [1.82, 2.24) is 9.88 Å². The van der Waals surface area contributed by atoms with Gasteiger partial charge in [0.2, 0.25) is 0 Å². The monoisotopic (exact) mass is 258 g/mol. The molecule has 19 heavy (non-hydrogen) atoms. The molecule has 2 atom stereocenters. The van der Waals surface area contributed by atoms with Crippen molar-refractivity contribution in [3.8, 4) is 6.07 Å². The Morgan fingerprint density at radius 2 is 2.37 bits per heavy atom. The predicted octanol–water partition coefficient (Wildman–Crippen LogP) is 1.15. The Balaban J connectivity index is 2.15. The maximum atomic E-state index is 12.4. The number of nitrogens with two attached hydrogens (primary N) is 1. The van der Waals surface area contributed by atoms with Crippen molar-refractivity contribution in [3.63, 3.8) is 0 Å². The van der Waals surface area contributed by atoms with E-state index in [1.54, 1.807) is 12.1 Å². The molecule has 1 amide bonds. The molecule has 0 aromatic carbocycles. The summed E-state index contributed by atoms with van der Waals surface area (Å²) >= 11 is 0. The van der Waals surface area contributed by atoms with Crippen LogP contribution in [0.3, 0.4) is 0 Å². The van der Waals surface area contributed by atoms with Crippen LogP contribution in [0, 0.1) is 17.2 Å². The number of hydrogen-bond acceptors (Lipinski definition) is 4. The summed E-state index contributed by atoms with van der Waals surface area (Å²) in [6, 6.07) is 5.44. The summed E-state index contributed by atoms with van der Waals surface area (Å²) in [6.07, 6.45) is 3.48. The maximum Gasteiger partial charge on any atom is 0.272 e. The number of nitrogens with zero attached hydrogens (tertiary/aromatic N) is 3. The van der Waals surface area contributed by atoms with Crippen molar-refractivity contribution in [2.75, 3.05) is 13.1 Å². The number of likely N-dealkylation sites (tertiary alicyclic amines) is 1. The molecule has 1 aliphatic heterocycles. The van der Waals surface area contributed by atoms with E-state index in [0.29, 0.717) is 30.3 Å². The zero-order chi connectivity index (χ0) is 13.8. The van der Waals surface area contributed by atoms with Crippen LogP contribution in [0.15, 0.2) is 18.3 Å². The lowest BCUT2D eigenvalue weighted by molar-refractivity contribution is 0.0561. The van der Waals surface area contributed by atoms with E-state index in [1.165, 1.54) is 6.20 Å². The average molecular weight is 258 g/mol. The second-order valence-electron chi connectivity index (χ2n) is 5.03. The molecule has 1 fully saturated rings. The van der Waals surface area contributed by atoms with Gasteiger partial charge < -0.3 is 10.6 Å². The molecule has 1 aromatic heterocycles. The number of aromatic nitrogens is 1. The molecule has 0 radical (unpaired) electrons. The van der Waals surface area contributed by atoms with Crippen molar-refractivity contribution >= 4 is 5.91 Å². The molecule has 0 spiro atoms. The van der Waals surface area contributed by atoms with Gasteiger partial charge in [0.25, 0.3) is 5.91 Å². The van der Waals surface area contributed by atoms with Gasteiger partial charge in [-0.05, 0) is 44.4 Å². The minimum Gasteiger partial charge on any atom is -0.334 e. The fourth-order valence-corrected chi connectivity index (χ4v) is 2.39. The van der Waals surface area contributed by atoms with Gasteiger partial charge in [-0.25, -0.2) is 4.98 Å². The van der Waals surface area contributed by atoms with E-state index < -0.39 is 0 Å². The molecule has 0 saturated carbocycles. The fraction of sp³-hybridized carbons (Fsp3) is 0.500. The van der Waals surface area contributed by atoms with Gasteiger partial charge in [-0.3, -0.25) is 4.79 Å². The highest BCUT2D eigenvalue weighted by Gasteiger charge is 2.29. The summed E-state index contributed by atoms with van der Waals surface area (Å²) < 4.78 is 0. The van der Waals surface area contributed by atoms with Gasteiger partial charge in [0.05, 0.1) is 5.56 Å². The maximum absolute atomic E-state index is 12.4. The topological polar surface area (TPSA) is 83.0 Å². The van der Waals surface area contributed by atoms with E-state index in [-0.39, 0.29) is 11.9 Å². The van der Waals surface area contributed by atoms with Crippen LogP contribution in [-0.2, 0) is 0 Å². The van der Waals surface area contributed by atoms with Crippen LogP contribution in [0.25, 0.3) is 0 Å². The number of pyridine rings is 1. The van der Waals surface area contributed by atoms with Crippen molar-refractivity contribution in [2.24, 2.45) is 11.7 Å². The van der Waals surface area contributed by atoms with Crippen molar-refractivity contribution in [1.29, 1.82) is 5.26 Å². The molecular formula is C14H18N4O. The second-order valence-corrected chi connectivity index (χ2v) is 5.03. The normalized spacial score (nSPS) is 22.9. The molecular weight excluding hydrogens is 240 g/mol. The summed E-state index contributed by atoms with van der Waals surface area (Å²) in [5.41, 5.74) is 6.55. The summed E-state index contributed by atoms with van der Waals surface area (Å²) in [7, 11) is 0. The molecule has 0 aliphatic carbocycles. The molecule has 1 aliphatic rings. The van der Waals surface area contributed by atoms with E-state index in [0.717, 1.165) is 12.8 Å². The fourth-order valence-electron chi connectivity index (χ4n) is 2.39. The van der Waals surface area contributed by atoms with Gasteiger partial charge in [-0.1, -0.05) is 0 Å². The number of amides is 1. The van der Waals surface area contributed by atoms with Gasteiger partial charge in [-0.15, -0.1) is 0 Å². The lowest BCUT2D eigenvalue weighted by Gasteiger charge is -2.37. The van der Waals surface area contributed by atoms with E-state index in [9.17, 15) is 4.79 Å². The Kier molecular flexibility index (Phi) is 4.13. The third-order valence-electron chi connectivity index (χ3n) is 3.69. The van der Waals surface area contributed by atoms with E-state index in [1.807, 2.05) is 17.9 Å². The smallest absolute Gasteiger partial charge is 0.272 e. The minimum absolute atomic E-state index is 0.0739. The molecule has 5 nitrogen and oxygen atoms in total. The Labute approximate surface area is 113 Å². The first-order valence-electron chi connectivity index (χ1n) is 6.53. The Hall–Kier alpha value is -1.93. The van der Waals surface area contributed by atoms with Gasteiger partial charge in [0, 0.05) is 18.8 Å². The molecule has 1 aromatic rings. The zero-order valence-corrected chi connectivity index (χ0v) is 11.0. The van der Waals surface area contributed by atoms with E-state index in [4.69, 9.17) is 11.0 Å². The van der Waals surface area contributed by atoms with Crippen LogP contribution in [-0.4, -0.2) is 34.9 Å². The van der Waals surface area contributed by atoms with Crippen molar-refractivity contribution in [2.45, 2.75) is 25.8 Å². The first kappa shape index (κ1) is 13.5. The summed E-state index contributed by atoms with van der Waals surface area (Å²) in [6.45, 7) is 3.35. The Bertz CT molecular complexity index is 491. The summed E-state index contributed by atoms with van der Waals surface area (Å²) in [4.78, 5) is 18.3. The molecule has 100 valence electrons. The molecule has 1 saturated heterocycles. The van der Waals surface area contributed by atoms with E-state index in [2.05, 4.69) is 4.98 Å². The molecule has 2 unspecified atom stereocenters. The van der Waals surface area contributed by atoms with Gasteiger partial charge in [0.15, 0.2) is 0 Å². The highest BCUT2D eigenvalue weighted by atomic mass is 16.2. The van der Waals surface area contributed by atoms with Crippen LogP contribution >= 0.6 is 0 Å². The number of carbonyl (C=O) groups is 1. The number of rotatable bonds is 2. The van der Waals surface area contributed by atoms with Crippen LogP contribution in [0.2, 0.25) is 0 Å². The highest BCUT2D eigenvalue weighted by molar-refractivity contribution is 5.92. The third-order valence-corrected chi connectivity index (χ3v) is 3.69. The molecule has 2 N–H and O–H groups in total. The Morgan fingerprint density at radius 3 is 2.95 bits per heavy atom. The number of carbonyl (C=O) groups excluding carboxylic acids is 1. The first-order valence-corrected chi connectivity index (χ1v) is 6.53. The first-order chi connectivity index (χ1) is 9.15. The van der Waals surface area contributed by atoms with Crippen LogP contribution in [0.1, 0.15) is 35.8 Å². The quantitative estimate of drug-likeness (QED) is 0.862. The van der Waals surface area contributed by atoms with Crippen LogP contribution in [0.5, 0.6) is 0 Å². The SMILES string of the molecule is CC1CCC(CN)CN1C(=O)c1ccc(C#N)cn1. The third kappa shape index (κ3) is 2.91. The van der Waals surface area contributed by atoms with Gasteiger partial charge in [-0.2, -0.15) is 5.26 Å². The predicted molar refractivity (Wildman–Crippen MR) is 71.2 cm³/mol. The second kappa shape index (κ2) is 5.81. The molecule has 5 heteroatoms. The number of nitriles is 1. The Morgan fingerprint density at radius 1 is 1.58 bits per heavy atom. The largest absolute Gasteiger partial charge is 0.334 e. The number of hydrogen-bond donors (Lipinski definition) is 1. The van der Waals surface area contributed by atoms with Gasteiger partial charge >= 0.3 is 0 Å². The summed E-state index contributed by atoms with van der Waals surface area (Å²) in [5, 5.41) is 8.73. The average Bonchev–Trinajstić information content (AvgIpc) is 2.47. The minimum atomic E-state index is -0.0739. The van der Waals surface area contributed by atoms with Crippen LogP contribution in [0.4, 0.5) is 0 Å². The van der Waals surface area contributed by atoms with Crippen molar-refractivity contribution in [3.05, 3.63) is 29.6 Å². The highest BCUT2D eigenvalue weighted by Crippen LogP contribution is 2.22. The van der Waals surface area contributed by atoms with E-state index >= 15 is 0 Å². The molecule has 0 bridgehead atoms. The lowest BCUT2D eigenvalue weighted by Crippen LogP contribution is -2.47. The number of piperidine rings is 1. The van der Waals surface area contributed by atoms with Crippen LogP contribution < -0.4 is 5.73 Å².